The van der Waals surface area contributed by atoms with Gasteiger partial charge in [-0.3, -0.25) is 0 Å². The van der Waals surface area contributed by atoms with E-state index in [1.54, 1.807) is 0 Å². The lowest BCUT2D eigenvalue weighted by molar-refractivity contribution is 1.39. The van der Waals surface area contributed by atoms with Crippen LogP contribution in [-0.4, -0.2) is 0 Å². The first-order chi connectivity index (χ1) is 8.93. The standard InChI is InChI=1S/C7H11Cl.C7H8.C4H6/c1-6(2)4-5-7(3)8;1-7-5-3-2-4-6-7;1-3-4-2/h4-5H,1-3H3;2-6H,1H3;1-2H3/b7-5+;;. The molecular weight excluding hydrogens is 252 g/mol. The summed E-state index contributed by atoms with van der Waals surface area (Å²) >= 11 is 5.54. The zero-order valence-corrected chi connectivity index (χ0v) is 13.7. The molecule has 19 heavy (non-hydrogen) atoms. The topological polar surface area (TPSA) is 0 Å². The second-order valence-electron chi connectivity index (χ2n) is 4.15. The van der Waals surface area contributed by atoms with Gasteiger partial charge in [0.15, 0.2) is 0 Å². The highest BCUT2D eigenvalue weighted by Crippen LogP contribution is 1.99. The molecule has 1 rings (SSSR count). The minimum Gasteiger partial charge on any atom is -0.107 e. The summed E-state index contributed by atoms with van der Waals surface area (Å²) < 4.78 is 0. The van der Waals surface area contributed by atoms with Gasteiger partial charge in [0.1, 0.15) is 0 Å². The van der Waals surface area contributed by atoms with Gasteiger partial charge in [0.25, 0.3) is 0 Å². The summed E-state index contributed by atoms with van der Waals surface area (Å²) in [6.07, 6.45) is 3.87. The van der Waals surface area contributed by atoms with Crippen LogP contribution < -0.4 is 0 Å². The van der Waals surface area contributed by atoms with Gasteiger partial charge >= 0.3 is 0 Å². The fourth-order valence-electron chi connectivity index (χ4n) is 0.816. The number of rotatable bonds is 1. The molecule has 0 N–H and O–H groups in total. The van der Waals surface area contributed by atoms with Crippen molar-refractivity contribution < 1.29 is 0 Å². The monoisotopic (exact) mass is 276 g/mol. The van der Waals surface area contributed by atoms with Gasteiger partial charge in [0, 0.05) is 5.03 Å². The van der Waals surface area contributed by atoms with Crippen molar-refractivity contribution in [1.29, 1.82) is 0 Å². The molecule has 0 saturated heterocycles. The maximum absolute atomic E-state index is 5.54. The Hall–Kier alpha value is -1.45. The Morgan fingerprint density at radius 3 is 1.58 bits per heavy atom. The van der Waals surface area contributed by atoms with E-state index in [1.165, 1.54) is 11.1 Å². The zero-order chi connectivity index (χ0) is 15.1. The Bertz CT molecular complexity index is 398. The largest absolute Gasteiger partial charge is 0.107 e. The molecule has 0 aliphatic rings. The van der Waals surface area contributed by atoms with Crippen molar-refractivity contribution in [3.63, 3.8) is 0 Å². The molecule has 0 nitrogen and oxygen atoms in total. The molecule has 0 aliphatic carbocycles. The smallest absolute Gasteiger partial charge is 0.0149 e. The average molecular weight is 277 g/mol. The summed E-state index contributed by atoms with van der Waals surface area (Å²) in [7, 11) is 0. The number of halogens is 1. The third-order valence-corrected chi connectivity index (χ3v) is 1.96. The summed E-state index contributed by atoms with van der Waals surface area (Å²) in [4.78, 5) is 0. The van der Waals surface area contributed by atoms with Crippen LogP contribution in [0.15, 0.2) is 53.1 Å². The van der Waals surface area contributed by atoms with Crippen molar-refractivity contribution >= 4 is 11.6 Å². The van der Waals surface area contributed by atoms with Crippen LogP contribution in [0.5, 0.6) is 0 Å². The minimum atomic E-state index is 0.825. The molecule has 0 aromatic heterocycles. The van der Waals surface area contributed by atoms with E-state index in [4.69, 9.17) is 11.6 Å². The van der Waals surface area contributed by atoms with Crippen LogP contribution in [0.3, 0.4) is 0 Å². The van der Waals surface area contributed by atoms with E-state index in [0.29, 0.717) is 0 Å². The predicted molar refractivity (Wildman–Crippen MR) is 89.3 cm³/mol. The Kier molecular flexibility index (Phi) is 15.3. The van der Waals surface area contributed by atoms with E-state index >= 15 is 0 Å². The first kappa shape index (κ1) is 19.9. The predicted octanol–water partition coefficient (Wildman–Crippen LogP) is 6.12. The third kappa shape index (κ3) is 22.2. The lowest BCUT2D eigenvalue weighted by Crippen LogP contribution is -1.62. The molecule has 104 valence electrons. The van der Waals surface area contributed by atoms with Crippen LogP contribution in [0.4, 0.5) is 0 Å². The highest BCUT2D eigenvalue weighted by Gasteiger charge is 1.74. The van der Waals surface area contributed by atoms with Gasteiger partial charge in [0.05, 0.1) is 0 Å². The van der Waals surface area contributed by atoms with Crippen molar-refractivity contribution in [3.8, 4) is 11.8 Å². The first-order valence-corrected chi connectivity index (χ1v) is 6.64. The summed E-state index contributed by atoms with van der Waals surface area (Å²) in [5.74, 6) is 5.36. The lowest BCUT2D eigenvalue weighted by atomic mass is 10.2. The summed E-state index contributed by atoms with van der Waals surface area (Å²) in [6.45, 7) is 11.7. The minimum absolute atomic E-state index is 0.825. The van der Waals surface area contributed by atoms with Crippen molar-refractivity contribution in [2.75, 3.05) is 0 Å². The van der Waals surface area contributed by atoms with E-state index in [1.807, 2.05) is 65.0 Å². The number of allylic oxidation sites excluding steroid dienone is 4. The van der Waals surface area contributed by atoms with Gasteiger partial charge in [-0.15, -0.1) is 11.8 Å². The fourth-order valence-corrected chi connectivity index (χ4v) is 0.879. The molecule has 0 fully saturated rings. The Labute approximate surface area is 124 Å². The number of aryl methyl sites for hydroxylation is 1. The first-order valence-electron chi connectivity index (χ1n) is 6.26. The van der Waals surface area contributed by atoms with E-state index in [2.05, 4.69) is 30.9 Å². The van der Waals surface area contributed by atoms with Crippen molar-refractivity contribution in [2.24, 2.45) is 0 Å². The van der Waals surface area contributed by atoms with Crippen LogP contribution >= 0.6 is 11.6 Å². The average Bonchev–Trinajstić information content (AvgIpc) is 2.38. The van der Waals surface area contributed by atoms with E-state index in [9.17, 15) is 0 Å². The number of hydrogen-bond acceptors (Lipinski definition) is 0. The fraction of sp³-hybridized carbons (Fsp3) is 0.333. The van der Waals surface area contributed by atoms with Gasteiger partial charge in [-0.05, 0) is 47.6 Å². The van der Waals surface area contributed by atoms with Crippen LogP contribution in [0.25, 0.3) is 0 Å². The maximum Gasteiger partial charge on any atom is 0.0149 e. The zero-order valence-electron chi connectivity index (χ0n) is 12.9. The molecule has 0 heterocycles. The highest BCUT2D eigenvalue weighted by atomic mass is 35.5. The Morgan fingerprint density at radius 1 is 0.947 bits per heavy atom. The van der Waals surface area contributed by atoms with Gasteiger partial charge < -0.3 is 0 Å². The van der Waals surface area contributed by atoms with Crippen molar-refractivity contribution in [3.05, 3.63) is 58.7 Å². The number of benzene rings is 1. The molecule has 0 aliphatic heterocycles. The van der Waals surface area contributed by atoms with Gasteiger partial charge in [-0.1, -0.05) is 59.1 Å². The SMILES string of the molecule is CC#CC.CC(C)=C/C=C(\C)Cl.Cc1ccccc1. The Balaban J connectivity index is 0. The molecule has 1 heteroatoms. The third-order valence-electron chi connectivity index (χ3n) is 1.84. The summed E-state index contributed by atoms with van der Waals surface area (Å²) in [5.41, 5.74) is 2.59. The molecule has 1 aromatic rings. The maximum atomic E-state index is 5.54. The van der Waals surface area contributed by atoms with E-state index < -0.39 is 0 Å². The normalized spacial score (nSPS) is 8.68. The second kappa shape index (κ2) is 14.6. The quantitative estimate of drug-likeness (QED) is 0.428. The summed E-state index contributed by atoms with van der Waals surface area (Å²) in [5, 5.41) is 0.825. The lowest BCUT2D eigenvalue weighted by Gasteiger charge is -1.82. The summed E-state index contributed by atoms with van der Waals surface area (Å²) in [6, 6.07) is 10.3. The van der Waals surface area contributed by atoms with Gasteiger partial charge in [-0.2, -0.15) is 0 Å². The van der Waals surface area contributed by atoms with E-state index in [0.717, 1.165) is 5.03 Å². The molecule has 0 amide bonds. The second-order valence-corrected chi connectivity index (χ2v) is 4.75. The van der Waals surface area contributed by atoms with Gasteiger partial charge in [-0.25, -0.2) is 0 Å². The van der Waals surface area contributed by atoms with Gasteiger partial charge in [0.2, 0.25) is 0 Å². The molecule has 0 radical (unpaired) electrons. The molecule has 1 aromatic carbocycles. The number of hydrogen-bond donors (Lipinski definition) is 0. The molecule has 0 bridgehead atoms. The van der Waals surface area contributed by atoms with Crippen LogP contribution in [0, 0.1) is 18.8 Å². The highest BCUT2D eigenvalue weighted by molar-refractivity contribution is 6.29. The molecule has 0 saturated carbocycles. The van der Waals surface area contributed by atoms with Crippen molar-refractivity contribution in [1.82, 2.24) is 0 Å². The van der Waals surface area contributed by atoms with E-state index in [-0.39, 0.29) is 0 Å². The van der Waals surface area contributed by atoms with Crippen LogP contribution in [-0.2, 0) is 0 Å². The van der Waals surface area contributed by atoms with Crippen LogP contribution in [0.2, 0.25) is 0 Å². The molecule has 0 spiro atoms. The molecular formula is C18H25Cl. The van der Waals surface area contributed by atoms with Crippen molar-refractivity contribution in [2.45, 2.75) is 41.5 Å². The Morgan fingerprint density at radius 2 is 1.42 bits per heavy atom. The molecule has 0 unspecified atom stereocenters. The van der Waals surface area contributed by atoms with Crippen LogP contribution in [0.1, 0.15) is 40.2 Å². The molecule has 0 atom stereocenters.